The van der Waals surface area contributed by atoms with Gasteiger partial charge in [-0.05, 0) is 68.9 Å². The van der Waals surface area contributed by atoms with E-state index in [0.29, 0.717) is 5.71 Å². The van der Waals surface area contributed by atoms with Gasteiger partial charge in [0.1, 0.15) is 4.90 Å². The van der Waals surface area contributed by atoms with E-state index in [1.807, 2.05) is 19.9 Å². The van der Waals surface area contributed by atoms with Crippen molar-refractivity contribution >= 4 is 15.8 Å². The quantitative estimate of drug-likeness (QED) is 0.790. The summed E-state index contributed by atoms with van der Waals surface area (Å²) < 4.78 is 29.6. The Bertz CT molecular complexity index is 897. The molecule has 1 aliphatic rings. The summed E-state index contributed by atoms with van der Waals surface area (Å²) >= 11 is 0. The first-order valence-electron chi connectivity index (χ1n) is 8.05. The number of oxime groups is 1. The SMILES string of the molecule is Cc1ccc(S(=O)(=O)O/N=C2\CCCc3c(C)ccc(C)c32)cc1. The van der Waals surface area contributed by atoms with E-state index >= 15 is 0 Å². The predicted molar refractivity (Wildman–Crippen MR) is 94.8 cm³/mol. The summed E-state index contributed by atoms with van der Waals surface area (Å²) in [6, 6.07) is 10.7. The molecule has 0 N–H and O–H groups in total. The van der Waals surface area contributed by atoms with Crippen molar-refractivity contribution in [2.75, 3.05) is 0 Å². The largest absolute Gasteiger partial charge is 0.358 e. The molecule has 5 heteroatoms. The van der Waals surface area contributed by atoms with Gasteiger partial charge in [-0.3, -0.25) is 4.28 Å². The van der Waals surface area contributed by atoms with Crippen LogP contribution in [0.3, 0.4) is 0 Å². The van der Waals surface area contributed by atoms with Gasteiger partial charge in [0.25, 0.3) is 0 Å². The van der Waals surface area contributed by atoms with Crippen LogP contribution in [0.2, 0.25) is 0 Å². The van der Waals surface area contributed by atoms with E-state index in [1.165, 1.54) is 23.3 Å². The Hall–Kier alpha value is -2.14. The maximum atomic E-state index is 12.3. The van der Waals surface area contributed by atoms with Gasteiger partial charge in [-0.2, -0.15) is 8.42 Å². The fourth-order valence-electron chi connectivity index (χ4n) is 3.08. The fourth-order valence-corrected chi connectivity index (χ4v) is 3.83. The molecule has 0 heterocycles. The number of hydrogen-bond acceptors (Lipinski definition) is 4. The molecule has 0 fully saturated rings. The third-order valence-corrected chi connectivity index (χ3v) is 5.56. The highest BCUT2D eigenvalue weighted by Crippen LogP contribution is 2.28. The normalized spacial score (nSPS) is 16.0. The first-order chi connectivity index (χ1) is 11.4. The zero-order valence-corrected chi connectivity index (χ0v) is 15.0. The van der Waals surface area contributed by atoms with E-state index in [4.69, 9.17) is 4.28 Å². The van der Waals surface area contributed by atoms with Gasteiger partial charge in [0.05, 0.1) is 5.71 Å². The van der Waals surface area contributed by atoms with Crippen LogP contribution in [0.1, 0.15) is 40.7 Å². The Balaban J connectivity index is 1.94. The van der Waals surface area contributed by atoms with Gasteiger partial charge in [0, 0.05) is 5.56 Å². The molecule has 4 nitrogen and oxygen atoms in total. The van der Waals surface area contributed by atoms with Crippen molar-refractivity contribution in [3.63, 3.8) is 0 Å². The highest BCUT2D eigenvalue weighted by Gasteiger charge is 2.22. The summed E-state index contributed by atoms with van der Waals surface area (Å²) in [5, 5.41) is 4.03. The van der Waals surface area contributed by atoms with Crippen molar-refractivity contribution in [2.45, 2.75) is 44.9 Å². The molecule has 1 aliphatic carbocycles. The summed E-state index contributed by atoms with van der Waals surface area (Å²) in [7, 11) is -3.89. The van der Waals surface area contributed by atoms with Crippen LogP contribution in [0.25, 0.3) is 0 Å². The molecular weight excluding hydrogens is 322 g/mol. The molecule has 0 saturated heterocycles. The summed E-state index contributed by atoms with van der Waals surface area (Å²) in [4.78, 5) is 0.120. The molecule has 2 aromatic carbocycles. The number of nitrogens with zero attached hydrogens (tertiary/aromatic N) is 1. The van der Waals surface area contributed by atoms with Crippen LogP contribution < -0.4 is 0 Å². The van der Waals surface area contributed by atoms with Crippen molar-refractivity contribution in [3.05, 3.63) is 64.2 Å². The highest BCUT2D eigenvalue weighted by atomic mass is 32.2. The smallest absolute Gasteiger partial charge is 0.264 e. The molecule has 3 rings (SSSR count). The van der Waals surface area contributed by atoms with Gasteiger partial charge in [-0.1, -0.05) is 35.0 Å². The van der Waals surface area contributed by atoms with Crippen molar-refractivity contribution in [1.29, 1.82) is 0 Å². The van der Waals surface area contributed by atoms with E-state index in [9.17, 15) is 8.42 Å². The van der Waals surface area contributed by atoms with Crippen LogP contribution in [0.5, 0.6) is 0 Å². The van der Waals surface area contributed by atoms with Crippen LogP contribution in [0.15, 0.2) is 46.4 Å². The minimum absolute atomic E-state index is 0.120. The zero-order valence-electron chi connectivity index (χ0n) is 14.2. The predicted octanol–water partition coefficient (Wildman–Crippen LogP) is 4.06. The summed E-state index contributed by atoms with van der Waals surface area (Å²) in [6.45, 7) is 6.00. The van der Waals surface area contributed by atoms with Gasteiger partial charge in [0.15, 0.2) is 0 Å². The third-order valence-electron chi connectivity index (χ3n) is 4.44. The zero-order chi connectivity index (χ0) is 17.3. The Morgan fingerprint density at radius 1 is 0.917 bits per heavy atom. The van der Waals surface area contributed by atoms with Gasteiger partial charge in [0.2, 0.25) is 0 Å². The van der Waals surface area contributed by atoms with E-state index in [0.717, 1.165) is 36.0 Å². The molecule has 0 aliphatic heterocycles. The average molecular weight is 343 g/mol. The van der Waals surface area contributed by atoms with Crippen molar-refractivity contribution in [2.24, 2.45) is 5.16 Å². The van der Waals surface area contributed by atoms with Crippen LogP contribution in [-0.2, 0) is 20.8 Å². The van der Waals surface area contributed by atoms with E-state index in [2.05, 4.69) is 18.1 Å². The van der Waals surface area contributed by atoms with Gasteiger partial charge >= 0.3 is 10.1 Å². The Morgan fingerprint density at radius 3 is 2.29 bits per heavy atom. The first kappa shape index (κ1) is 16.7. The molecule has 0 unspecified atom stereocenters. The van der Waals surface area contributed by atoms with Crippen LogP contribution in [0.4, 0.5) is 0 Å². The number of rotatable bonds is 3. The molecule has 0 radical (unpaired) electrons. The number of aryl methyl sites for hydroxylation is 3. The molecule has 0 saturated carbocycles. The molecular formula is C19H21NO3S. The van der Waals surface area contributed by atoms with Gasteiger partial charge in [-0.25, -0.2) is 0 Å². The maximum Gasteiger partial charge on any atom is 0.358 e. The topological polar surface area (TPSA) is 55.7 Å². The standard InChI is InChI=1S/C19H21NO3S/c1-13-7-11-16(12-8-13)24(21,22)23-20-18-6-4-5-17-14(2)9-10-15(3)19(17)18/h7-12H,4-6H2,1-3H3/b20-18+. The van der Waals surface area contributed by atoms with Crippen molar-refractivity contribution in [3.8, 4) is 0 Å². The van der Waals surface area contributed by atoms with E-state index < -0.39 is 10.1 Å². The Kier molecular flexibility index (Phi) is 4.45. The third kappa shape index (κ3) is 3.22. The first-order valence-corrected chi connectivity index (χ1v) is 9.46. The number of fused-ring (bicyclic) bond motifs is 1. The molecule has 2 aromatic rings. The Morgan fingerprint density at radius 2 is 1.58 bits per heavy atom. The minimum atomic E-state index is -3.89. The summed E-state index contributed by atoms with van der Waals surface area (Å²) in [6.07, 6.45) is 2.66. The van der Waals surface area contributed by atoms with Crippen LogP contribution in [0, 0.1) is 20.8 Å². The lowest BCUT2D eigenvalue weighted by atomic mass is 9.84. The molecule has 24 heavy (non-hydrogen) atoms. The second-order valence-corrected chi connectivity index (χ2v) is 7.81. The molecule has 0 atom stereocenters. The lowest BCUT2D eigenvalue weighted by Crippen LogP contribution is -2.16. The highest BCUT2D eigenvalue weighted by molar-refractivity contribution is 7.86. The second-order valence-electron chi connectivity index (χ2n) is 6.29. The van der Waals surface area contributed by atoms with Crippen LogP contribution in [-0.4, -0.2) is 14.1 Å². The average Bonchev–Trinajstić information content (AvgIpc) is 2.57. The van der Waals surface area contributed by atoms with Gasteiger partial charge < -0.3 is 0 Å². The maximum absolute atomic E-state index is 12.3. The molecule has 0 aromatic heterocycles. The van der Waals surface area contributed by atoms with Crippen molar-refractivity contribution in [1.82, 2.24) is 0 Å². The lowest BCUT2D eigenvalue weighted by molar-refractivity contribution is 0.337. The minimum Gasteiger partial charge on any atom is -0.264 e. The Labute approximate surface area is 143 Å². The van der Waals surface area contributed by atoms with Crippen molar-refractivity contribution < 1.29 is 12.7 Å². The molecule has 0 bridgehead atoms. The van der Waals surface area contributed by atoms with E-state index in [1.54, 1.807) is 12.1 Å². The molecule has 0 spiro atoms. The summed E-state index contributed by atoms with van der Waals surface area (Å²) in [5.74, 6) is 0. The van der Waals surface area contributed by atoms with Gasteiger partial charge in [-0.15, -0.1) is 0 Å². The lowest BCUT2D eigenvalue weighted by Gasteiger charge is -2.21. The number of hydrogen-bond donors (Lipinski definition) is 0. The monoisotopic (exact) mass is 343 g/mol. The van der Waals surface area contributed by atoms with Crippen LogP contribution >= 0.6 is 0 Å². The molecule has 0 amide bonds. The number of benzene rings is 2. The fraction of sp³-hybridized carbons (Fsp3) is 0.316. The molecule has 126 valence electrons. The second kappa shape index (κ2) is 6.40. The van der Waals surface area contributed by atoms with E-state index in [-0.39, 0.29) is 4.90 Å². The summed E-state index contributed by atoms with van der Waals surface area (Å²) in [5.41, 5.74) is 6.31.